The van der Waals surface area contributed by atoms with Crippen LogP contribution in [-0.4, -0.2) is 50.8 Å². The van der Waals surface area contributed by atoms with Crippen LogP contribution < -0.4 is 16.0 Å². The summed E-state index contributed by atoms with van der Waals surface area (Å²) in [5, 5.41) is 21.3. The van der Waals surface area contributed by atoms with Crippen molar-refractivity contribution in [2.75, 3.05) is 30.8 Å². The smallest absolute Gasteiger partial charge is 0.225 e. The van der Waals surface area contributed by atoms with Gasteiger partial charge in [0.25, 0.3) is 0 Å². The molecule has 4 N–H and O–H groups in total. The Labute approximate surface area is 210 Å². The van der Waals surface area contributed by atoms with E-state index >= 15 is 0 Å². The number of aromatic nitrogens is 2. The van der Waals surface area contributed by atoms with Crippen LogP contribution in [0.15, 0.2) is 47.3 Å². The van der Waals surface area contributed by atoms with Crippen molar-refractivity contribution in [2.45, 2.75) is 57.2 Å². The topological polar surface area (TPSA) is 89.0 Å². The normalized spacial score (nSPS) is 21.0. The van der Waals surface area contributed by atoms with Gasteiger partial charge in [-0.2, -0.15) is 4.98 Å². The van der Waals surface area contributed by atoms with Crippen molar-refractivity contribution in [3.05, 3.63) is 47.3 Å². The third kappa shape index (κ3) is 5.93. The van der Waals surface area contributed by atoms with Crippen molar-refractivity contribution >= 4 is 50.1 Å². The highest BCUT2D eigenvalue weighted by atomic mass is 32.2. The molecule has 0 saturated carbocycles. The summed E-state index contributed by atoms with van der Waals surface area (Å²) in [6.07, 6.45) is 13.4. The zero-order valence-corrected chi connectivity index (χ0v) is 22.1. The second-order valence-electron chi connectivity index (χ2n) is 9.25. The van der Waals surface area contributed by atoms with Crippen LogP contribution in [0.2, 0.25) is 0 Å². The van der Waals surface area contributed by atoms with Crippen molar-refractivity contribution in [1.29, 1.82) is 5.41 Å². The minimum absolute atomic E-state index is 0.260. The van der Waals surface area contributed by atoms with Gasteiger partial charge in [0.2, 0.25) is 5.95 Å². The highest BCUT2D eigenvalue weighted by Gasteiger charge is 2.26. The standard InChI is InChI=1S/C25H35N7S2/c1-17(2)34-22(26)20(16-27-4)28-23-21-19(10-15-33-21)29-24(30-23)31-25(3)11-8-18(9-12-25)32-13-6-5-7-14-32/h8-11,15-17,26-27H,5-7,12-14H2,1-4H3,(H2,28,29,30,31)/b20-16+,26-22?. The second kappa shape index (κ2) is 10.8. The maximum absolute atomic E-state index is 8.51. The molecule has 34 heavy (non-hydrogen) atoms. The zero-order valence-electron chi connectivity index (χ0n) is 20.4. The van der Waals surface area contributed by atoms with E-state index in [0.29, 0.717) is 27.8 Å². The first-order chi connectivity index (χ1) is 16.4. The minimum Gasteiger partial charge on any atom is -0.392 e. The Morgan fingerprint density at radius 1 is 1.26 bits per heavy atom. The number of rotatable bonds is 8. The van der Waals surface area contributed by atoms with E-state index in [1.807, 2.05) is 24.7 Å². The molecule has 4 rings (SSSR count). The van der Waals surface area contributed by atoms with E-state index in [4.69, 9.17) is 15.4 Å². The Balaban J connectivity index is 1.54. The number of thioether (sulfide) groups is 1. The van der Waals surface area contributed by atoms with Crippen LogP contribution >= 0.6 is 23.1 Å². The molecule has 182 valence electrons. The molecule has 1 aliphatic heterocycles. The summed E-state index contributed by atoms with van der Waals surface area (Å²) in [6.45, 7) is 8.66. The Morgan fingerprint density at radius 2 is 2.06 bits per heavy atom. The maximum Gasteiger partial charge on any atom is 0.225 e. The van der Waals surface area contributed by atoms with Gasteiger partial charge in [0.15, 0.2) is 5.82 Å². The SMILES string of the molecule is CN/C=C(/Nc1nc(NC2(C)C=CC(N3CCCCC3)=CC2)nc2ccsc12)C(=N)SC(C)C. The zero-order chi connectivity index (χ0) is 24.1. The number of nitrogens with zero attached hydrogens (tertiary/aromatic N) is 3. The average molecular weight is 498 g/mol. The van der Waals surface area contributed by atoms with Crippen LogP contribution in [0, 0.1) is 5.41 Å². The number of thiophene rings is 1. The molecular formula is C25H35N7S2. The van der Waals surface area contributed by atoms with E-state index in [-0.39, 0.29) is 5.54 Å². The number of fused-ring (bicyclic) bond motifs is 1. The van der Waals surface area contributed by atoms with Gasteiger partial charge in [-0.05, 0) is 50.1 Å². The fourth-order valence-electron chi connectivity index (χ4n) is 4.19. The first-order valence-electron chi connectivity index (χ1n) is 11.9. The number of hydrogen-bond donors (Lipinski definition) is 4. The van der Waals surface area contributed by atoms with Crippen LogP contribution in [0.1, 0.15) is 46.5 Å². The van der Waals surface area contributed by atoms with Gasteiger partial charge in [0.1, 0.15) is 5.04 Å². The number of allylic oxidation sites excluding steroid dienone is 1. The molecule has 1 saturated heterocycles. The summed E-state index contributed by atoms with van der Waals surface area (Å²) in [6, 6.07) is 2.01. The number of anilines is 2. The van der Waals surface area contributed by atoms with Crippen LogP contribution in [-0.2, 0) is 0 Å². The molecule has 7 nitrogen and oxygen atoms in total. The molecule has 1 fully saturated rings. The third-order valence-corrected chi connectivity index (χ3v) is 7.76. The van der Waals surface area contributed by atoms with Crippen molar-refractivity contribution in [2.24, 2.45) is 0 Å². The number of hydrogen-bond acceptors (Lipinski definition) is 9. The lowest BCUT2D eigenvalue weighted by atomic mass is 9.92. The summed E-state index contributed by atoms with van der Waals surface area (Å²) < 4.78 is 0.978. The van der Waals surface area contributed by atoms with E-state index in [9.17, 15) is 0 Å². The fraction of sp³-hybridized carbons (Fsp3) is 0.480. The summed E-state index contributed by atoms with van der Waals surface area (Å²) in [4.78, 5) is 12.1. The monoisotopic (exact) mass is 497 g/mol. The number of likely N-dealkylation sites (tertiary alicyclic amines) is 1. The quantitative estimate of drug-likeness (QED) is 0.271. The lowest BCUT2D eigenvalue weighted by Gasteiger charge is -2.35. The molecule has 9 heteroatoms. The van der Waals surface area contributed by atoms with E-state index in [2.05, 4.69) is 59.8 Å². The van der Waals surface area contributed by atoms with Crippen LogP contribution in [0.3, 0.4) is 0 Å². The van der Waals surface area contributed by atoms with Crippen LogP contribution in [0.4, 0.5) is 11.8 Å². The molecule has 0 radical (unpaired) electrons. The van der Waals surface area contributed by atoms with Gasteiger partial charge in [-0.3, -0.25) is 5.41 Å². The predicted molar refractivity (Wildman–Crippen MR) is 148 cm³/mol. The number of nitrogens with one attached hydrogen (secondary N) is 4. The lowest BCUT2D eigenvalue weighted by Crippen LogP contribution is -2.36. The van der Waals surface area contributed by atoms with Gasteiger partial charge in [-0.1, -0.05) is 26.0 Å². The molecule has 0 bridgehead atoms. The Morgan fingerprint density at radius 3 is 2.74 bits per heavy atom. The summed E-state index contributed by atoms with van der Waals surface area (Å²) in [7, 11) is 1.84. The largest absolute Gasteiger partial charge is 0.392 e. The first kappa shape index (κ1) is 24.6. The number of piperidine rings is 1. The van der Waals surface area contributed by atoms with Crippen LogP contribution in [0.5, 0.6) is 0 Å². The molecule has 1 unspecified atom stereocenters. The summed E-state index contributed by atoms with van der Waals surface area (Å²) >= 11 is 3.11. The fourth-order valence-corrected chi connectivity index (χ4v) is 5.67. The van der Waals surface area contributed by atoms with Crippen molar-refractivity contribution in [1.82, 2.24) is 20.2 Å². The minimum atomic E-state index is -0.260. The highest BCUT2D eigenvalue weighted by Crippen LogP contribution is 2.32. The third-order valence-electron chi connectivity index (χ3n) is 5.92. The molecule has 0 amide bonds. The Hall–Kier alpha value is -2.52. The summed E-state index contributed by atoms with van der Waals surface area (Å²) in [5.41, 5.74) is 2.66. The molecule has 3 heterocycles. The first-order valence-corrected chi connectivity index (χ1v) is 13.7. The average Bonchev–Trinajstić information content (AvgIpc) is 3.28. The van der Waals surface area contributed by atoms with E-state index in [1.54, 1.807) is 11.3 Å². The second-order valence-corrected chi connectivity index (χ2v) is 11.8. The van der Waals surface area contributed by atoms with E-state index in [1.165, 1.54) is 36.7 Å². The highest BCUT2D eigenvalue weighted by molar-refractivity contribution is 8.14. The van der Waals surface area contributed by atoms with Gasteiger partial charge in [0.05, 0.1) is 21.5 Å². The van der Waals surface area contributed by atoms with Gasteiger partial charge >= 0.3 is 0 Å². The van der Waals surface area contributed by atoms with E-state index < -0.39 is 0 Å². The predicted octanol–water partition coefficient (Wildman–Crippen LogP) is 5.78. The molecule has 2 aromatic heterocycles. The molecule has 2 aliphatic rings. The van der Waals surface area contributed by atoms with Gasteiger partial charge in [-0.25, -0.2) is 4.98 Å². The molecule has 0 spiro atoms. The maximum atomic E-state index is 8.51. The van der Waals surface area contributed by atoms with Gasteiger partial charge < -0.3 is 20.9 Å². The molecule has 1 aliphatic carbocycles. The van der Waals surface area contributed by atoms with E-state index in [0.717, 1.165) is 29.7 Å². The molecule has 1 atom stereocenters. The molecule has 0 aromatic carbocycles. The summed E-state index contributed by atoms with van der Waals surface area (Å²) in [5.74, 6) is 1.30. The van der Waals surface area contributed by atoms with Gasteiger partial charge in [-0.15, -0.1) is 23.1 Å². The Kier molecular flexibility index (Phi) is 7.83. The molecular weight excluding hydrogens is 462 g/mol. The Bertz CT molecular complexity index is 1110. The lowest BCUT2D eigenvalue weighted by molar-refractivity contribution is 0.290. The van der Waals surface area contributed by atoms with Gasteiger partial charge in [0, 0.05) is 37.3 Å². The van der Waals surface area contributed by atoms with Crippen molar-refractivity contribution in [3.63, 3.8) is 0 Å². The van der Waals surface area contributed by atoms with Crippen molar-refractivity contribution in [3.8, 4) is 0 Å². The molecule has 2 aromatic rings. The van der Waals surface area contributed by atoms with Crippen molar-refractivity contribution < 1.29 is 0 Å². The van der Waals surface area contributed by atoms with Crippen LogP contribution in [0.25, 0.3) is 10.2 Å².